The maximum absolute atomic E-state index is 12.2. The number of carboxylic acids is 1. The Balaban J connectivity index is 2.12. The van der Waals surface area contributed by atoms with Gasteiger partial charge in [-0.25, -0.2) is 9.59 Å². The van der Waals surface area contributed by atoms with Gasteiger partial charge in [-0.05, 0) is 25.3 Å². The number of amides is 2. The summed E-state index contributed by atoms with van der Waals surface area (Å²) in [6, 6.07) is 1.19. The van der Waals surface area contributed by atoms with Crippen LogP contribution in [-0.4, -0.2) is 47.3 Å². The van der Waals surface area contributed by atoms with Gasteiger partial charge in [-0.3, -0.25) is 5.32 Å². The third-order valence-corrected chi connectivity index (χ3v) is 3.84. The number of carbonyl (C=O) groups excluding carboxylic acids is 1. The molecule has 1 fully saturated rings. The first-order valence-corrected chi connectivity index (χ1v) is 6.77. The minimum atomic E-state index is -1.04. The van der Waals surface area contributed by atoms with Gasteiger partial charge in [0, 0.05) is 6.54 Å². The molecule has 1 aliphatic heterocycles. The van der Waals surface area contributed by atoms with Crippen LogP contribution >= 0.6 is 11.3 Å². The van der Waals surface area contributed by atoms with E-state index in [1.807, 2.05) is 13.8 Å². The van der Waals surface area contributed by atoms with E-state index < -0.39 is 11.5 Å². The molecular weight excluding hydrogens is 268 g/mol. The molecule has 0 aliphatic carbocycles. The molecule has 0 atom stereocenters. The lowest BCUT2D eigenvalue weighted by Crippen LogP contribution is -2.56. The van der Waals surface area contributed by atoms with E-state index in [9.17, 15) is 9.59 Å². The van der Waals surface area contributed by atoms with Crippen LogP contribution < -0.4 is 5.32 Å². The number of thiophene rings is 1. The second kappa shape index (κ2) is 5.18. The van der Waals surface area contributed by atoms with Gasteiger partial charge in [-0.1, -0.05) is 0 Å². The van der Waals surface area contributed by atoms with Crippen molar-refractivity contribution in [3.63, 3.8) is 0 Å². The molecule has 0 spiro atoms. The summed E-state index contributed by atoms with van der Waals surface area (Å²) < 4.78 is 5.35. The number of nitrogens with zero attached hydrogens (tertiary/aromatic N) is 1. The number of hydrogen-bond acceptors (Lipinski definition) is 4. The molecule has 2 amide bonds. The maximum atomic E-state index is 12.2. The fourth-order valence-electron chi connectivity index (χ4n) is 1.97. The van der Waals surface area contributed by atoms with Crippen LogP contribution in [0, 0.1) is 0 Å². The molecule has 1 aromatic rings. The van der Waals surface area contributed by atoms with E-state index in [1.54, 1.807) is 10.3 Å². The number of nitrogens with one attached hydrogen (secondary N) is 1. The van der Waals surface area contributed by atoms with Crippen molar-refractivity contribution in [3.8, 4) is 0 Å². The highest BCUT2D eigenvalue weighted by molar-refractivity contribution is 7.14. The molecular formula is C12H16N2O4S. The number of ether oxygens (including phenoxy) is 1. The Kier molecular flexibility index (Phi) is 3.77. The number of carbonyl (C=O) groups is 2. The van der Waals surface area contributed by atoms with Crippen molar-refractivity contribution in [3.05, 3.63) is 17.0 Å². The van der Waals surface area contributed by atoms with Crippen LogP contribution in [0.5, 0.6) is 0 Å². The summed E-state index contributed by atoms with van der Waals surface area (Å²) in [5.41, 5.74) is -0.285. The lowest BCUT2D eigenvalue weighted by Gasteiger charge is -2.41. The Labute approximate surface area is 115 Å². The highest BCUT2D eigenvalue weighted by Crippen LogP contribution is 2.25. The monoisotopic (exact) mass is 284 g/mol. The van der Waals surface area contributed by atoms with Crippen LogP contribution in [0.1, 0.15) is 24.2 Å². The van der Waals surface area contributed by atoms with Crippen LogP contribution in [0.3, 0.4) is 0 Å². The van der Waals surface area contributed by atoms with Gasteiger partial charge in [0.2, 0.25) is 0 Å². The minimum Gasteiger partial charge on any atom is -0.478 e. The van der Waals surface area contributed by atoms with Gasteiger partial charge in [0.25, 0.3) is 0 Å². The largest absolute Gasteiger partial charge is 0.478 e. The van der Waals surface area contributed by atoms with Crippen molar-refractivity contribution in [2.75, 3.05) is 25.1 Å². The summed E-state index contributed by atoms with van der Waals surface area (Å²) >= 11 is 1.20. The van der Waals surface area contributed by atoms with Gasteiger partial charge in [0.05, 0.1) is 24.3 Å². The summed E-state index contributed by atoms with van der Waals surface area (Å²) in [4.78, 5) is 24.9. The molecule has 0 aromatic carbocycles. The third-order valence-electron chi connectivity index (χ3n) is 3.01. The van der Waals surface area contributed by atoms with E-state index >= 15 is 0 Å². The number of anilines is 1. The molecule has 0 unspecified atom stereocenters. The second-order valence-corrected chi connectivity index (χ2v) is 5.83. The molecule has 19 heavy (non-hydrogen) atoms. The first-order valence-electron chi connectivity index (χ1n) is 5.89. The van der Waals surface area contributed by atoms with Gasteiger partial charge in [-0.2, -0.15) is 0 Å². The summed E-state index contributed by atoms with van der Waals surface area (Å²) in [5, 5.41) is 13.7. The maximum Gasteiger partial charge on any atom is 0.338 e. The topological polar surface area (TPSA) is 78.9 Å². The number of rotatable bonds is 2. The van der Waals surface area contributed by atoms with Gasteiger partial charge < -0.3 is 14.7 Å². The molecule has 6 nitrogen and oxygen atoms in total. The first kappa shape index (κ1) is 13.8. The zero-order valence-electron chi connectivity index (χ0n) is 10.8. The molecule has 2 heterocycles. The fourth-order valence-corrected chi connectivity index (χ4v) is 2.74. The van der Waals surface area contributed by atoms with Crippen molar-refractivity contribution >= 4 is 28.3 Å². The molecule has 7 heteroatoms. The lowest BCUT2D eigenvalue weighted by atomic mass is 10.0. The molecule has 104 valence electrons. The summed E-state index contributed by atoms with van der Waals surface area (Å²) in [5.74, 6) is -1.04. The van der Waals surface area contributed by atoms with Crippen LogP contribution in [-0.2, 0) is 4.74 Å². The molecule has 0 saturated carbocycles. The van der Waals surface area contributed by atoms with E-state index in [0.717, 1.165) is 0 Å². The van der Waals surface area contributed by atoms with Crippen LogP contribution in [0.2, 0.25) is 0 Å². The second-order valence-electron chi connectivity index (χ2n) is 4.92. The SMILES string of the molecule is CC1(C)COCCN1C(=O)Nc1sccc1C(=O)O. The van der Waals surface area contributed by atoms with Crippen LogP contribution in [0.4, 0.5) is 9.80 Å². The predicted octanol–water partition coefficient (Wildman–Crippen LogP) is 2.09. The van der Waals surface area contributed by atoms with E-state index in [0.29, 0.717) is 24.8 Å². The van der Waals surface area contributed by atoms with E-state index in [4.69, 9.17) is 9.84 Å². The van der Waals surface area contributed by atoms with Crippen LogP contribution in [0.25, 0.3) is 0 Å². The molecule has 1 aromatic heterocycles. The number of urea groups is 1. The number of carboxylic acid groups (broad SMARTS) is 1. The number of morpholine rings is 1. The normalized spacial score (nSPS) is 18.1. The van der Waals surface area contributed by atoms with Crippen molar-refractivity contribution in [1.82, 2.24) is 4.90 Å². The summed E-state index contributed by atoms with van der Waals surface area (Å²) in [6.07, 6.45) is 0. The summed E-state index contributed by atoms with van der Waals surface area (Å²) in [6.45, 7) is 5.28. The van der Waals surface area contributed by atoms with Gasteiger partial charge >= 0.3 is 12.0 Å². The zero-order valence-corrected chi connectivity index (χ0v) is 11.6. The van der Waals surface area contributed by atoms with E-state index in [-0.39, 0.29) is 11.6 Å². The van der Waals surface area contributed by atoms with Crippen molar-refractivity contribution in [1.29, 1.82) is 0 Å². The smallest absolute Gasteiger partial charge is 0.338 e. The minimum absolute atomic E-state index is 0.115. The summed E-state index contributed by atoms with van der Waals surface area (Å²) in [7, 11) is 0. The van der Waals surface area contributed by atoms with Crippen molar-refractivity contribution in [2.45, 2.75) is 19.4 Å². The number of hydrogen-bond donors (Lipinski definition) is 2. The van der Waals surface area contributed by atoms with E-state index in [2.05, 4.69) is 5.32 Å². The molecule has 2 N–H and O–H groups in total. The Hall–Kier alpha value is -1.60. The number of aromatic carboxylic acids is 1. The molecule has 1 saturated heterocycles. The molecule has 0 bridgehead atoms. The third kappa shape index (κ3) is 2.87. The highest BCUT2D eigenvalue weighted by atomic mass is 32.1. The van der Waals surface area contributed by atoms with Gasteiger partial charge in [0.15, 0.2) is 0 Å². The van der Waals surface area contributed by atoms with E-state index in [1.165, 1.54) is 17.4 Å². The first-order chi connectivity index (χ1) is 8.92. The molecule has 2 rings (SSSR count). The van der Waals surface area contributed by atoms with Crippen molar-refractivity contribution < 1.29 is 19.4 Å². The Morgan fingerprint density at radius 3 is 2.89 bits per heavy atom. The average molecular weight is 284 g/mol. The predicted molar refractivity (Wildman–Crippen MR) is 71.9 cm³/mol. The van der Waals surface area contributed by atoms with Crippen LogP contribution in [0.15, 0.2) is 11.4 Å². The van der Waals surface area contributed by atoms with Gasteiger partial charge in [0.1, 0.15) is 5.00 Å². The quantitative estimate of drug-likeness (QED) is 0.871. The Bertz CT molecular complexity index is 498. The zero-order chi connectivity index (χ0) is 14.0. The lowest BCUT2D eigenvalue weighted by molar-refractivity contribution is -0.0249. The molecule has 0 radical (unpaired) electrons. The van der Waals surface area contributed by atoms with Crippen molar-refractivity contribution in [2.24, 2.45) is 0 Å². The highest BCUT2D eigenvalue weighted by Gasteiger charge is 2.34. The average Bonchev–Trinajstić information content (AvgIpc) is 2.76. The van der Waals surface area contributed by atoms with Gasteiger partial charge in [-0.15, -0.1) is 11.3 Å². The standard InChI is InChI=1S/C12H16N2O4S/c1-12(2)7-18-5-4-14(12)11(17)13-9-8(10(15)16)3-6-19-9/h3,6H,4-5,7H2,1-2H3,(H,13,17)(H,15,16). The Morgan fingerprint density at radius 1 is 1.53 bits per heavy atom. The molecule has 1 aliphatic rings. The fraction of sp³-hybridized carbons (Fsp3) is 0.500. The Morgan fingerprint density at radius 2 is 2.26 bits per heavy atom.